The lowest BCUT2D eigenvalue weighted by molar-refractivity contribution is -0.130. The number of aromatic nitrogens is 2. The summed E-state index contributed by atoms with van der Waals surface area (Å²) in [7, 11) is 0. The van der Waals surface area contributed by atoms with Crippen LogP contribution in [0.3, 0.4) is 0 Å². The summed E-state index contributed by atoms with van der Waals surface area (Å²) < 4.78 is 2.18. The molecule has 1 fully saturated rings. The molecule has 1 aromatic heterocycles. The van der Waals surface area contributed by atoms with Crippen molar-refractivity contribution >= 4 is 11.9 Å². The van der Waals surface area contributed by atoms with E-state index in [9.17, 15) is 4.79 Å². The highest BCUT2D eigenvalue weighted by atomic mass is 16.2. The monoisotopic (exact) mass is 376 g/mol. The van der Waals surface area contributed by atoms with Crippen LogP contribution in [0, 0.1) is 6.92 Å². The number of nitrogens with zero attached hydrogens (tertiary/aromatic N) is 4. The highest BCUT2D eigenvalue weighted by Crippen LogP contribution is 2.11. The maximum atomic E-state index is 12.0. The van der Waals surface area contributed by atoms with Crippen molar-refractivity contribution in [1.82, 2.24) is 25.1 Å². The number of rotatable bonds is 10. The quantitative estimate of drug-likeness (QED) is 0.373. The van der Waals surface area contributed by atoms with E-state index in [0.29, 0.717) is 12.3 Å². The molecule has 7 heteroatoms. The number of hydrogen-bond donors (Lipinski definition) is 2. The molecular formula is C20H36N6O. The predicted molar refractivity (Wildman–Crippen MR) is 110 cm³/mol. The molecular weight excluding hydrogens is 340 g/mol. The van der Waals surface area contributed by atoms with Crippen molar-refractivity contribution in [2.45, 2.75) is 65.3 Å². The zero-order valence-corrected chi connectivity index (χ0v) is 17.0. The summed E-state index contributed by atoms with van der Waals surface area (Å²) in [6, 6.07) is 0. The summed E-state index contributed by atoms with van der Waals surface area (Å²) >= 11 is 0. The Morgan fingerprint density at radius 1 is 1.19 bits per heavy atom. The average molecular weight is 377 g/mol. The summed E-state index contributed by atoms with van der Waals surface area (Å²) in [5, 5.41) is 6.70. The van der Waals surface area contributed by atoms with Crippen LogP contribution in [0.5, 0.6) is 0 Å². The summed E-state index contributed by atoms with van der Waals surface area (Å²) in [6.45, 7) is 9.36. The molecule has 152 valence electrons. The maximum Gasteiger partial charge on any atom is 0.222 e. The molecule has 1 aromatic rings. The van der Waals surface area contributed by atoms with Crippen molar-refractivity contribution in [3.05, 3.63) is 18.2 Å². The topological polar surface area (TPSA) is 74.6 Å². The van der Waals surface area contributed by atoms with Gasteiger partial charge in [0.1, 0.15) is 5.82 Å². The van der Waals surface area contributed by atoms with Crippen molar-refractivity contribution in [3.63, 3.8) is 0 Å². The molecule has 2 rings (SSSR count). The van der Waals surface area contributed by atoms with Crippen molar-refractivity contribution < 1.29 is 4.79 Å². The molecule has 2 N–H and O–H groups in total. The first-order chi connectivity index (χ1) is 13.2. The molecule has 1 aliphatic heterocycles. The van der Waals surface area contributed by atoms with Gasteiger partial charge < -0.3 is 20.1 Å². The molecule has 0 bridgehead atoms. The van der Waals surface area contributed by atoms with Gasteiger partial charge in [-0.05, 0) is 46.0 Å². The van der Waals surface area contributed by atoms with Crippen LogP contribution < -0.4 is 10.6 Å². The molecule has 1 aliphatic rings. The Kier molecular flexibility index (Phi) is 9.73. The predicted octanol–water partition coefficient (Wildman–Crippen LogP) is 2.32. The zero-order valence-electron chi connectivity index (χ0n) is 17.0. The van der Waals surface area contributed by atoms with Crippen molar-refractivity contribution in [3.8, 4) is 0 Å². The van der Waals surface area contributed by atoms with E-state index in [-0.39, 0.29) is 0 Å². The smallest absolute Gasteiger partial charge is 0.222 e. The molecule has 0 aliphatic carbocycles. The standard InChI is InChI=1S/C20H36N6O/c1-3-21-20(23-11-6-8-14-25-17-13-22-18(25)2)24-12-9-16-26-15-7-4-5-10-19(26)27/h13,17H,3-12,14-16H2,1-2H3,(H2,21,23,24). The fourth-order valence-corrected chi connectivity index (χ4v) is 3.32. The van der Waals surface area contributed by atoms with Gasteiger partial charge in [0.05, 0.1) is 0 Å². The summed E-state index contributed by atoms with van der Waals surface area (Å²) in [4.78, 5) is 22.9. The zero-order chi connectivity index (χ0) is 19.3. The van der Waals surface area contributed by atoms with Crippen LogP contribution >= 0.6 is 0 Å². The van der Waals surface area contributed by atoms with E-state index in [2.05, 4.69) is 32.1 Å². The molecule has 0 spiro atoms. The second-order valence-corrected chi connectivity index (χ2v) is 7.11. The highest BCUT2D eigenvalue weighted by Gasteiger charge is 2.15. The minimum atomic E-state index is 0.314. The van der Waals surface area contributed by atoms with Crippen LogP contribution in [0.2, 0.25) is 0 Å². The van der Waals surface area contributed by atoms with Crippen LogP contribution in [0.25, 0.3) is 0 Å². The normalized spacial score (nSPS) is 15.7. The lowest BCUT2D eigenvalue weighted by Gasteiger charge is -2.20. The second kappa shape index (κ2) is 12.4. The van der Waals surface area contributed by atoms with Crippen molar-refractivity contribution in [2.75, 3.05) is 32.7 Å². The Bertz CT molecular complexity index is 583. The Morgan fingerprint density at radius 2 is 2.07 bits per heavy atom. The van der Waals surface area contributed by atoms with Crippen molar-refractivity contribution in [2.24, 2.45) is 4.99 Å². The van der Waals surface area contributed by atoms with E-state index in [1.165, 1.54) is 6.42 Å². The minimum Gasteiger partial charge on any atom is -0.357 e. The van der Waals surface area contributed by atoms with E-state index >= 15 is 0 Å². The average Bonchev–Trinajstić information content (AvgIpc) is 2.95. The number of imidazole rings is 1. The van der Waals surface area contributed by atoms with Gasteiger partial charge in [0, 0.05) is 58.1 Å². The first-order valence-corrected chi connectivity index (χ1v) is 10.5. The van der Waals surface area contributed by atoms with Gasteiger partial charge in [-0.25, -0.2) is 4.98 Å². The molecule has 0 aromatic carbocycles. The number of aryl methyl sites for hydroxylation is 2. The Labute approximate surface area is 163 Å². The van der Waals surface area contributed by atoms with E-state index in [4.69, 9.17) is 0 Å². The number of guanidine groups is 1. The first-order valence-electron chi connectivity index (χ1n) is 10.5. The van der Waals surface area contributed by atoms with Gasteiger partial charge in [-0.2, -0.15) is 0 Å². The number of unbranched alkanes of at least 4 members (excludes halogenated alkanes) is 1. The van der Waals surface area contributed by atoms with Crippen LogP contribution in [-0.2, 0) is 11.3 Å². The maximum absolute atomic E-state index is 12.0. The number of carbonyl (C=O) groups is 1. The summed E-state index contributed by atoms with van der Waals surface area (Å²) in [6.07, 6.45) is 11.1. The number of carbonyl (C=O) groups excluding carboxylic acids is 1. The number of amides is 1. The van der Waals surface area contributed by atoms with E-state index in [1.54, 1.807) is 0 Å². The molecule has 0 atom stereocenters. The van der Waals surface area contributed by atoms with E-state index in [1.807, 2.05) is 24.2 Å². The fraction of sp³-hybridized carbons (Fsp3) is 0.750. The molecule has 7 nitrogen and oxygen atoms in total. The first kappa shape index (κ1) is 21.3. The largest absolute Gasteiger partial charge is 0.357 e. The third kappa shape index (κ3) is 8.01. The van der Waals surface area contributed by atoms with Gasteiger partial charge in [-0.1, -0.05) is 6.42 Å². The van der Waals surface area contributed by atoms with Gasteiger partial charge in [0.15, 0.2) is 5.96 Å². The summed E-state index contributed by atoms with van der Waals surface area (Å²) in [5.41, 5.74) is 0. The lowest BCUT2D eigenvalue weighted by atomic mass is 10.2. The molecule has 0 saturated carbocycles. The lowest BCUT2D eigenvalue weighted by Crippen LogP contribution is -2.38. The fourth-order valence-electron chi connectivity index (χ4n) is 3.32. The second-order valence-electron chi connectivity index (χ2n) is 7.11. The summed E-state index contributed by atoms with van der Waals surface area (Å²) in [5.74, 6) is 2.26. The van der Waals surface area contributed by atoms with Gasteiger partial charge in [0.25, 0.3) is 0 Å². The highest BCUT2D eigenvalue weighted by molar-refractivity contribution is 5.79. The third-order valence-electron chi connectivity index (χ3n) is 4.91. The molecule has 1 saturated heterocycles. The molecule has 2 heterocycles. The van der Waals surface area contributed by atoms with Crippen molar-refractivity contribution in [1.29, 1.82) is 0 Å². The molecule has 0 radical (unpaired) electrons. The Balaban J connectivity index is 1.62. The van der Waals surface area contributed by atoms with Gasteiger partial charge >= 0.3 is 0 Å². The number of nitrogens with one attached hydrogen (secondary N) is 2. The molecule has 0 unspecified atom stereocenters. The van der Waals surface area contributed by atoms with Crippen LogP contribution in [0.15, 0.2) is 17.4 Å². The van der Waals surface area contributed by atoms with Gasteiger partial charge in [-0.15, -0.1) is 0 Å². The minimum absolute atomic E-state index is 0.314. The number of hydrogen-bond acceptors (Lipinski definition) is 3. The van der Waals surface area contributed by atoms with Crippen LogP contribution in [-0.4, -0.2) is 59.0 Å². The third-order valence-corrected chi connectivity index (χ3v) is 4.91. The van der Waals surface area contributed by atoms with Gasteiger partial charge in [0.2, 0.25) is 5.91 Å². The van der Waals surface area contributed by atoms with E-state index in [0.717, 1.165) is 83.2 Å². The van der Waals surface area contributed by atoms with Crippen LogP contribution in [0.1, 0.15) is 57.7 Å². The van der Waals surface area contributed by atoms with Gasteiger partial charge in [-0.3, -0.25) is 9.79 Å². The number of likely N-dealkylation sites (tertiary alicyclic amines) is 1. The Hall–Kier alpha value is -2.05. The SMILES string of the molecule is CCNC(=NCCCN1CCCCCC1=O)NCCCCn1ccnc1C. The molecule has 1 amide bonds. The Morgan fingerprint density at radius 3 is 2.85 bits per heavy atom. The van der Waals surface area contributed by atoms with E-state index < -0.39 is 0 Å². The number of aliphatic imine (C=N–C) groups is 1. The van der Waals surface area contributed by atoms with Crippen LogP contribution in [0.4, 0.5) is 0 Å². The molecule has 27 heavy (non-hydrogen) atoms.